The average molecular weight is 352 g/mol. The van der Waals surface area contributed by atoms with Crippen molar-refractivity contribution in [3.8, 4) is 0 Å². The lowest BCUT2D eigenvalue weighted by molar-refractivity contribution is -0.141. The molecule has 0 spiro atoms. The maximum absolute atomic E-state index is 12.7. The summed E-state index contributed by atoms with van der Waals surface area (Å²) in [4.78, 5) is 24.5. The van der Waals surface area contributed by atoms with E-state index >= 15 is 0 Å². The summed E-state index contributed by atoms with van der Waals surface area (Å²) in [5.74, 6) is 0.0684. The quantitative estimate of drug-likeness (QED) is 0.923. The summed E-state index contributed by atoms with van der Waals surface area (Å²) >= 11 is 0. The Morgan fingerprint density at radius 1 is 1.40 bits per heavy atom. The molecule has 0 aromatic carbocycles. The van der Waals surface area contributed by atoms with Crippen LogP contribution in [0.5, 0.6) is 0 Å². The molecule has 1 amide bonds. The fourth-order valence-electron chi connectivity index (χ4n) is 3.09. The molecular formula is C17H19F3N4O. The summed E-state index contributed by atoms with van der Waals surface area (Å²) in [7, 11) is 0. The number of carbonyl (C=O) groups excluding carboxylic acids is 1. The van der Waals surface area contributed by atoms with Crippen LogP contribution in [0.1, 0.15) is 41.4 Å². The maximum Gasteiger partial charge on any atom is 0.432 e. The zero-order chi connectivity index (χ0) is 18.0. The van der Waals surface area contributed by atoms with E-state index in [1.54, 1.807) is 17.3 Å². The summed E-state index contributed by atoms with van der Waals surface area (Å²) in [5.41, 5.74) is 1.02. The number of amides is 1. The van der Waals surface area contributed by atoms with Crippen LogP contribution >= 0.6 is 0 Å². The van der Waals surface area contributed by atoms with Crippen LogP contribution in [0.2, 0.25) is 0 Å². The zero-order valence-electron chi connectivity index (χ0n) is 13.8. The topological polar surface area (TPSA) is 61.9 Å². The highest BCUT2D eigenvalue weighted by Gasteiger charge is 2.34. The number of aromatic amines is 1. The highest BCUT2D eigenvalue weighted by molar-refractivity contribution is 5.79. The molecule has 1 N–H and O–H groups in total. The van der Waals surface area contributed by atoms with E-state index < -0.39 is 11.9 Å². The van der Waals surface area contributed by atoms with E-state index in [0.717, 1.165) is 23.7 Å². The second-order valence-electron chi connectivity index (χ2n) is 6.34. The summed E-state index contributed by atoms with van der Waals surface area (Å²) in [6, 6.07) is 1.82. The largest absolute Gasteiger partial charge is 0.432 e. The van der Waals surface area contributed by atoms with Crippen molar-refractivity contribution in [1.29, 1.82) is 0 Å². The number of piperidine rings is 1. The number of hydrogen-bond acceptors (Lipinski definition) is 3. The van der Waals surface area contributed by atoms with Gasteiger partial charge in [-0.2, -0.15) is 13.2 Å². The van der Waals surface area contributed by atoms with Crippen molar-refractivity contribution in [1.82, 2.24) is 19.9 Å². The van der Waals surface area contributed by atoms with Crippen molar-refractivity contribution >= 4 is 5.91 Å². The summed E-state index contributed by atoms with van der Waals surface area (Å²) in [6.07, 6.45) is 1.47. The van der Waals surface area contributed by atoms with Gasteiger partial charge in [-0.25, -0.2) is 4.98 Å². The van der Waals surface area contributed by atoms with Gasteiger partial charge in [0, 0.05) is 31.4 Å². The van der Waals surface area contributed by atoms with Gasteiger partial charge in [0.25, 0.3) is 0 Å². The molecule has 0 aliphatic carbocycles. The van der Waals surface area contributed by atoms with Crippen molar-refractivity contribution in [2.75, 3.05) is 13.1 Å². The Kier molecular flexibility index (Phi) is 4.78. The Morgan fingerprint density at radius 3 is 2.88 bits per heavy atom. The predicted molar refractivity (Wildman–Crippen MR) is 84.8 cm³/mol. The van der Waals surface area contributed by atoms with E-state index in [9.17, 15) is 18.0 Å². The molecule has 0 bridgehead atoms. The van der Waals surface area contributed by atoms with Crippen LogP contribution in [0, 0.1) is 6.92 Å². The number of pyridine rings is 1. The van der Waals surface area contributed by atoms with E-state index in [2.05, 4.69) is 15.0 Å². The number of imidazole rings is 1. The molecule has 1 fully saturated rings. The van der Waals surface area contributed by atoms with E-state index in [4.69, 9.17) is 0 Å². The first-order chi connectivity index (χ1) is 11.8. The summed E-state index contributed by atoms with van der Waals surface area (Å²) < 4.78 is 38.1. The second kappa shape index (κ2) is 6.85. The van der Waals surface area contributed by atoms with Gasteiger partial charge < -0.3 is 9.88 Å². The van der Waals surface area contributed by atoms with Gasteiger partial charge in [-0.1, -0.05) is 0 Å². The third kappa shape index (κ3) is 4.00. The van der Waals surface area contributed by atoms with Crippen LogP contribution in [0.15, 0.2) is 24.7 Å². The highest BCUT2D eigenvalue weighted by Crippen LogP contribution is 2.31. The van der Waals surface area contributed by atoms with Crippen LogP contribution in [-0.2, 0) is 17.4 Å². The van der Waals surface area contributed by atoms with Gasteiger partial charge in [-0.05, 0) is 37.0 Å². The molecule has 0 radical (unpaired) electrons. The molecule has 1 saturated heterocycles. The smallest absolute Gasteiger partial charge is 0.342 e. The molecule has 2 aromatic rings. The summed E-state index contributed by atoms with van der Waals surface area (Å²) in [6.45, 7) is 2.90. The Balaban J connectivity index is 1.67. The minimum absolute atomic E-state index is 0.0263. The van der Waals surface area contributed by atoms with Gasteiger partial charge >= 0.3 is 6.18 Å². The van der Waals surface area contributed by atoms with Crippen LogP contribution < -0.4 is 0 Å². The van der Waals surface area contributed by atoms with Crippen molar-refractivity contribution in [2.45, 2.75) is 38.3 Å². The molecule has 5 nitrogen and oxygen atoms in total. The number of nitrogens with one attached hydrogen (secondary N) is 1. The number of aromatic nitrogens is 3. The van der Waals surface area contributed by atoms with Gasteiger partial charge in [0.05, 0.1) is 12.6 Å². The lowest BCUT2D eigenvalue weighted by Gasteiger charge is -2.32. The molecule has 134 valence electrons. The number of rotatable bonds is 3. The van der Waals surface area contributed by atoms with Gasteiger partial charge in [0.2, 0.25) is 5.91 Å². The first-order valence-corrected chi connectivity index (χ1v) is 8.14. The van der Waals surface area contributed by atoms with E-state index in [1.165, 1.54) is 0 Å². The molecule has 3 heterocycles. The molecule has 3 rings (SSSR count). The Labute approximate surface area is 143 Å². The van der Waals surface area contributed by atoms with Gasteiger partial charge in [0.1, 0.15) is 11.5 Å². The molecule has 0 saturated carbocycles. The third-order valence-corrected chi connectivity index (χ3v) is 4.54. The molecule has 2 aromatic heterocycles. The van der Waals surface area contributed by atoms with E-state index in [0.29, 0.717) is 25.3 Å². The lowest BCUT2D eigenvalue weighted by Crippen LogP contribution is -2.40. The molecule has 1 aliphatic heterocycles. The predicted octanol–water partition coefficient (Wildman–Crippen LogP) is 3.08. The second-order valence-corrected chi connectivity index (χ2v) is 6.34. The summed E-state index contributed by atoms with van der Waals surface area (Å²) in [5, 5.41) is 0. The minimum Gasteiger partial charge on any atom is -0.342 e. The number of aryl methyl sites for hydroxylation is 1. The fourth-order valence-corrected chi connectivity index (χ4v) is 3.09. The molecule has 1 aliphatic rings. The SMILES string of the molecule is Cc1cnccc1CC(=O)N1CCCC(c2ncc(C(F)(F)F)[nH]2)C1. The normalized spacial score (nSPS) is 18.4. The number of carbonyl (C=O) groups is 1. The Morgan fingerprint density at radius 2 is 2.20 bits per heavy atom. The van der Waals surface area contributed by atoms with Crippen LogP contribution in [-0.4, -0.2) is 38.8 Å². The van der Waals surface area contributed by atoms with Crippen molar-refractivity contribution in [3.63, 3.8) is 0 Å². The molecule has 1 atom stereocenters. The van der Waals surface area contributed by atoms with Crippen LogP contribution in [0.25, 0.3) is 0 Å². The number of nitrogens with zero attached hydrogens (tertiary/aromatic N) is 3. The maximum atomic E-state index is 12.7. The van der Waals surface area contributed by atoms with Crippen molar-refractivity contribution < 1.29 is 18.0 Å². The number of hydrogen-bond donors (Lipinski definition) is 1. The fraction of sp³-hybridized carbons (Fsp3) is 0.471. The van der Waals surface area contributed by atoms with Crippen molar-refractivity contribution in [2.24, 2.45) is 0 Å². The Hall–Kier alpha value is -2.38. The third-order valence-electron chi connectivity index (χ3n) is 4.54. The van der Waals surface area contributed by atoms with Gasteiger partial charge in [-0.3, -0.25) is 9.78 Å². The standard InChI is InChI=1S/C17H19F3N4O/c1-11-8-21-5-4-12(11)7-15(25)24-6-2-3-13(10-24)16-22-9-14(23-16)17(18,19)20/h4-5,8-9,13H,2-3,6-7,10H2,1H3,(H,22,23). The Bertz CT molecular complexity index is 756. The molecular weight excluding hydrogens is 333 g/mol. The first kappa shape index (κ1) is 17.4. The zero-order valence-corrected chi connectivity index (χ0v) is 13.8. The van der Waals surface area contributed by atoms with E-state index in [-0.39, 0.29) is 18.2 Å². The number of halogens is 3. The molecule has 25 heavy (non-hydrogen) atoms. The van der Waals surface area contributed by atoms with Crippen LogP contribution in [0.4, 0.5) is 13.2 Å². The minimum atomic E-state index is -4.44. The number of alkyl halides is 3. The first-order valence-electron chi connectivity index (χ1n) is 8.14. The van der Waals surface area contributed by atoms with Crippen molar-refractivity contribution in [3.05, 3.63) is 47.3 Å². The average Bonchev–Trinajstić information content (AvgIpc) is 3.07. The van der Waals surface area contributed by atoms with E-state index in [1.807, 2.05) is 13.0 Å². The van der Waals surface area contributed by atoms with Gasteiger partial charge in [-0.15, -0.1) is 0 Å². The van der Waals surface area contributed by atoms with Gasteiger partial charge in [0.15, 0.2) is 0 Å². The highest BCUT2D eigenvalue weighted by atomic mass is 19.4. The number of likely N-dealkylation sites (tertiary alicyclic amines) is 1. The van der Waals surface area contributed by atoms with Crippen LogP contribution in [0.3, 0.4) is 0 Å². The lowest BCUT2D eigenvalue weighted by atomic mass is 9.96. The molecule has 8 heteroatoms. The molecule has 1 unspecified atom stereocenters. The number of H-pyrrole nitrogens is 1. The monoisotopic (exact) mass is 352 g/mol.